The van der Waals surface area contributed by atoms with Crippen LogP contribution in [0.1, 0.15) is 35.7 Å². The highest BCUT2D eigenvalue weighted by atomic mass is 16.5. The zero-order chi connectivity index (χ0) is 17.8. The summed E-state index contributed by atoms with van der Waals surface area (Å²) in [5.41, 5.74) is 2.22. The van der Waals surface area contributed by atoms with Crippen LogP contribution in [0.4, 0.5) is 0 Å². The molecule has 2 heterocycles. The van der Waals surface area contributed by atoms with E-state index in [2.05, 4.69) is 5.32 Å². The summed E-state index contributed by atoms with van der Waals surface area (Å²) in [5.74, 6) is -1.75. The molecule has 3 rings (SSSR count). The minimum Gasteiger partial charge on any atom is -0.481 e. The van der Waals surface area contributed by atoms with Crippen molar-refractivity contribution >= 4 is 22.8 Å². The molecule has 25 heavy (non-hydrogen) atoms. The van der Waals surface area contributed by atoms with Gasteiger partial charge in [-0.05, 0) is 42.9 Å². The number of fused-ring (bicyclic) bond motifs is 1. The molecule has 1 unspecified atom stereocenters. The lowest BCUT2D eigenvalue weighted by Gasteiger charge is -2.27. The molecule has 6 nitrogen and oxygen atoms in total. The first-order chi connectivity index (χ1) is 12.1. The van der Waals surface area contributed by atoms with Crippen molar-refractivity contribution in [2.45, 2.75) is 26.2 Å². The molecule has 0 saturated carbocycles. The van der Waals surface area contributed by atoms with Gasteiger partial charge in [0.2, 0.25) is 0 Å². The number of rotatable bonds is 6. The van der Waals surface area contributed by atoms with Gasteiger partial charge in [-0.3, -0.25) is 9.59 Å². The van der Waals surface area contributed by atoms with Crippen LogP contribution in [0.3, 0.4) is 0 Å². The second-order valence-corrected chi connectivity index (χ2v) is 6.44. The Labute approximate surface area is 146 Å². The smallest absolute Gasteiger partial charge is 0.308 e. The number of carboxylic acid groups (broad SMARTS) is 1. The van der Waals surface area contributed by atoms with Gasteiger partial charge in [0.15, 0.2) is 0 Å². The number of amides is 1. The summed E-state index contributed by atoms with van der Waals surface area (Å²) in [6.07, 6.45) is 3.72. The maximum Gasteiger partial charge on any atom is 0.308 e. The molecular weight excluding hydrogens is 322 g/mol. The first-order valence-electron chi connectivity index (χ1n) is 8.69. The molecule has 1 aliphatic rings. The Kier molecular flexibility index (Phi) is 5.38. The Bertz CT molecular complexity index is 760. The highest BCUT2D eigenvalue weighted by Crippen LogP contribution is 2.25. The van der Waals surface area contributed by atoms with Crippen LogP contribution in [0.2, 0.25) is 0 Å². The zero-order valence-electron chi connectivity index (χ0n) is 14.3. The highest BCUT2D eigenvalue weighted by molar-refractivity contribution is 6.06. The molecule has 2 aromatic rings. The molecule has 1 aromatic carbocycles. The van der Waals surface area contributed by atoms with Gasteiger partial charge >= 0.3 is 5.97 Å². The number of furan rings is 1. The molecule has 2 N–H and O–H groups in total. The minimum absolute atomic E-state index is 0.0272. The molecule has 1 fully saturated rings. The van der Waals surface area contributed by atoms with Gasteiger partial charge in [0, 0.05) is 25.1 Å². The molecule has 0 bridgehead atoms. The van der Waals surface area contributed by atoms with Gasteiger partial charge in [-0.1, -0.05) is 13.0 Å². The topological polar surface area (TPSA) is 88.8 Å². The quantitative estimate of drug-likeness (QED) is 0.840. The van der Waals surface area contributed by atoms with Gasteiger partial charge in [0.1, 0.15) is 11.8 Å². The summed E-state index contributed by atoms with van der Waals surface area (Å²) < 4.78 is 10.7. The number of carboxylic acids is 1. The summed E-state index contributed by atoms with van der Waals surface area (Å²) in [7, 11) is 0. The minimum atomic E-state index is -0.877. The van der Waals surface area contributed by atoms with E-state index in [9.17, 15) is 14.7 Å². The predicted molar refractivity (Wildman–Crippen MR) is 92.6 cm³/mol. The number of nitrogens with one attached hydrogen (secondary N) is 1. The summed E-state index contributed by atoms with van der Waals surface area (Å²) in [5, 5.41) is 13.0. The van der Waals surface area contributed by atoms with Crippen LogP contribution in [-0.2, 0) is 16.0 Å². The Morgan fingerprint density at radius 1 is 1.32 bits per heavy atom. The van der Waals surface area contributed by atoms with E-state index >= 15 is 0 Å². The van der Waals surface area contributed by atoms with Crippen LogP contribution in [-0.4, -0.2) is 36.7 Å². The lowest BCUT2D eigenvalue weighted by Crippen LogP contribution is -2.38. The summed E-state index contributed by atoms with van der Waals surface area (Å²) >= 11 is 0. The maximum atomic E-state index is 12.5. The Morgan fingerprint density at radius 2 is 2.08 bits per heavy atom. The fourth-order valence-corrected chi connectivity index (χ4v) is 3.34. The number of ether oxygens (including phenoxy) is 1. The van der Waals surface area contributed by atoms with Crippen molar-refractivity contribution in [2.24, 2.45) is 11.8 Å². The van der Waals surface area contributed by atoms with Crippen LogP contribution < -0.4 is 5.32 Å². The number of carbonyl (C=O) groups excluding carboxylic acids is 1. The number of aliphatic carboxylic acids is 1. The van der Waals surface area contributed by atoms with E-state index in [0.717, 1.165) is 17.4 Å². The fraction of sp³-hybridized carbons (Fsp3) is 0.474. The molecule has 1 atom stereocenters. The Balaban J connectivity index is 1.71. The van der Waals surface area contributed by atoms with Gasteiger partial charge in [-0.15, -0.1) is 0 Å². The number of aryl methyl sites for hydroxylation is 1. The third kappa shape index (κ3) is 3.85. The summed E-state index contributed by atoms with van der Waals surface area (Å²) in [6.45, 7) is 3.31. The van der Waals surface area contributed by atoms with Crippen molar-refractivity contribution in [2.75, 3.05) is 19.8 Å². The Morgan fingerprint density at radius 3 is 2.76 bits per heavy atom. The van der Waals surface area contributed by atoms with Gasteiger partial charge in [-0.25, -0.2) is 0 Å². The third-order valence-electron chi connectivity index (χ3n) is 4.93. The first kappa shape index (κ1) is 17.5. The van der Waals surface area contributed by atoms with Crippen molar-refractivity contribution in [3.63, 3.8) is 0 Å². The van der Waals surface area contributed by atoms with Crippen molar-refractivity contribution in [1.82, 2.24) is 5.32 Å². The van der Waals surface area contributed by atoms with E-state index in [0.29, 0.717) is 37.2 Å². The highest BCUT2D eigenvalue weighted by Gasteiger charge is 2.30. The number of benzene rings is 1. The van der Waals surface area contributed by atoms with Gasteiger partial charge < -0.3 is 19.6 Å². The number of hydrogen-bond donors (Lipinski definition) is 2. The molecule has 1 aromatic heterocycles. The Hall–Kier alpha value is -2.34. The van der Waals surface area contributed by atoms with E-state index in [1.54, 1.807) is 0 Å². The van der Waals surface area contributed by atoms with Crippen molar-refractivity contribution in [3.8, 4) is 0 Å². The third-order valence-corrected chi connectivity index (χ3v) is 4.93. The van der Waals surface area contributed by atoms with Crippen LogP contribution in [0.25, 0.3) is 11.0 Å². The molecule has 134 valence electrons. The van der Waals surface area contributed by atoms with Crippen molar-refractivity contribution in [3.05, 3.63) is 35.6 Å². The van der Waals surface area contributed by atoms with Crippen molar-refractivity contribution < 1.29 is 23.8 Å². The number of carbonyl (C=O) groups is 2. The van der Waals surface area contributed by atoms with Crippen LogP contribution in [0, 0.1) is 11.8 Å². The van der Waals surface area contributed by atoms with E-state index in [1.807, 2.05) is 25.1 Å². The van der Waals surface area contributed by atoms with Crippen LogP contribution >= 0.6 is 0 Å². The molecule has 0 radical (unpaired) electrons. The largest absolute Gasteiger partial charge is 0.481 e. The van der Waals surface area contributed by atoms with Crippen LogP contribution in [0.15, 0.2) is 28.9 Å². The van der Waals surface area contributed by atoms with Gasteiger partial charge in [-0.2, -0.15) is 0 Å². The molecular formula is C19H23NO5. The molecule has 6 heteroatoms. The molecule has 0 spiro atoms. The monoisotopic (exact) mass is 345 g/mol. The summed E-state index contributed by atoms with van der Waals surface area (Å²) in [4.78, 5) is 24.1. The molecule has 1 saturated heterocycles. The fourth-order valence-electron chi connectivity index (χ4n) is 3.34. The van der Waals surface area contributed by atoms with Crippen LogP contribution in [0.5, 0.6) is 0 Å². The van der Waals surface area contributed by atoms with E-state index in [4.69, 9.17) is 9.15 Å². The predicted octanol–water partition coefficient (Wildman–Crippen LogP) is 2.85. The lowest BCUT2D eigenvalue weighted by molar-refractivity contribution is -0.144. The average molecular weight is 345 g/mol. The van der Waals surface area contributed by atoms with Gasteiger partial charge in [0.25, 0.3) is 5.91 Å². The SMILES string of the molecule is CCc1ccc2occ(C(=O)NCC(C(=O)O)C3CCOCC3)c2c1. The maximum absolute atomic E-state index is 12.5. The second kappa shape index (κ2) is 7.70. The first-order valence-corrected chi connectivity index (χ1v) is 8.69. The standard InChI is InChI=1S/C19H23NO5/c1-2-12-3-4-17-14(9-12)16(11-25-17)18(21)20-10-15(19(22)23)13-5-7-24-8-6-13/h3-4,9,11,13,15H,2,5-8,10H2,1H3,(H,20,21)(H,22,23). The average Bonchev–Trinajstić information content (AvgIpc) is 3.05. The lowest BCUT2D eigenvalue weighted by atomic mass is 9.86. The zero-order valence-corrected chi connectivity index (χ0v) is 14.3. The van der Waals surface area contributed by atoms with Gasteiger partial charge in [0.05, 0.1) is 11.5 Å². The molecule has 1 amide bonds. The van der Waals surface area contributed by atoms with E-state index in [-0.39, 0.29) is 18.4 Å². The number of hydrogen-bond acceptors (Lipinski definition) is 4. The summed E-state index contributed by atoms with van der Waals surface area (Å²) in [6, 6.07) is 5.77. The molecule has 1 aliphatic heterocycles. The van der Waals surface area contributed by atoms with E-state index < -0.39 is 11.9 Å². The van der Waals surface area contributed by atoms with E-state index in [1.165, 1.54) is 6.26 Å². The normalized spacial score (nSPS) is 16.7. The molecule has 0 aliphatic carbocycles. The van der Waals surface area contributed by atoms with Crippen molar-refractivity contribution in [1.29, 1.82) is 0 Å². The second-order valence-electron chi connectivity index (χ2n) is 6.44.